The van der Waals surface area contributed by atoms with E-state index in [0.717, 1.165) is 16.9 Å². The SMILES string of the molecule is C=C/C(C)=N\N(c1ccccc1)C(C)C.Cc1cccc2ncccc12. The zero-order valence-corrected chi connectivity index (χ0v) is 16.1. The molecule has 3 aromatic rings. The van der Waals surface area contributed by atoms with Gasteiger partial charge in [-0.1, -0.05) is 43.0 Å². The second kappa shape index (κ2) is 9.52. The second-order valence-electron chi connectivity index (χ2n) is 6.36. The number of pyridine rings is 1. The van der Waals surface area contributed by atoms with E-state index >= 15 is 0 Å². The van der Waals surface area contributed by atoms with Gasteiger partial charge in [0.1, 0.15) is 0 Å². The van der Waals surface area contributed by atoms with E-state index in [2.05, 4.69) is 61.7 Å². The van der Waals surface area contributed by atoms with Gasteiger partial charge in [-0.15, -0.1) is 0 Å². The first-order valence-corrected chi connectivity index (χ1v) is 8.85. The molecule has 0 spiro atoms. The Morgan fingerprint density at radius 3 is 2.38 bits per heavy atom. The summed E-state index contributed by atoms with van der Waals surface area (Å²) in [7, 11) is 0. The van der Waals surface area contributed by atoms with Crippen molar-refractivity contribution in [1.82, 2.24) is 4.98 Å². The Morgan fingerprint density at radius 2 is 1.77 bits per heavy atom. The Balaban J connectivity index is 0.000000195. The van der Waals surface area contributed by atoms with Gasteiger partial charge in [0.2, 0.25) is 0 Å². The summed E-state index contributed by atoms with van der Waals surface area (Å²) in [5.74, 6) is 0. The van der Waals surface area contributed by atoms with Crippen LogP contribution in [0.3, 0.4) is 0 Å². The van der Waals surface area contributed by atoms with E-state index in [1.54, 1.807) is 6.08 Å². The van der Waals surface area contributed by atoms with Gasteiger partial charge in [-0.25, -0.2) is 0 Å². The zero-order valence-electron chi connectivity index (χ0n) is 16.1. The van der Waals surface area contributed by atoms with Gasteiger partial charge in [-0.05, 0) is 63.6 Å². The lowest BCUT2D eigenvalue weighted by atomic mass is 10.1. The van der Waals surface area contributed by atoms with Crippen molar-refractivity contribution in [1.29, 1.82) is 0 Å². The van der Waals surface area contributed by atoms with Crippen LogP contribution in [0.5, 0.6) is 0 Å². The number of nitrogens with zero attached hydrogens (tertiary/aromatic N) is 3. The van der Waals surface area contributed by atoms with E-state index in [1.165, 1.54) is 10.9 Å². The first-order valence-electron chi connectivity index (χ1n) is 8.85. The van der Waals surface area contributed by atoms with Gasteiger partial charge >= 0.3 is 0 Å². The number of para-hydroxylation sites is 1. The van der Waals surface area contributed by atoms with Crippen LogP contribution in [0.4, 0.5) is 5.69 Å². The lowest BCUT2D eigenvalue weighted by Crippen LogP contribution is -2.25. The molecule has 3 heteroatoms. The van der Waals surface area contributed by atoms with Gasteiger partial charge in [-0.3, -0.25) is 9.99 Å². The van der Waals surface area contributed by atoms with Crippen LogP contribution in [0.25, 0.3) is 10.9 Å². The third kappa shape index (κ3) is 5.28. The number of hydrogen-bond donors (Lipinski definition) is 0. The van der Waals surface area contributed by atoms with Crippen molar-refractivity contribution in [2.45, 2.75) is 33.7 Å². The lowest BCUT2D eigenvalue weighted by molar-refractivity contribution is 0.713. The molecule has 0 aliphatic carbocycles. The highest BCUT2D eigenvalue weighted by Gasteiger charge is 2.08. The van der Waals surface area contributed by atoms with E-state index in [1.807, 2.05) is 54.5 Å². The summed E-state index contributed by atoms with van der Waals surface area (Å²) >= 11 is 0. The maximum absolute atomic E-state index is 4.50. The summed E-state index contributed by atoms with van der Waals surface area (Å²) in [6.45, 7) is 12.0. The zero-order chi connectivity index (χ0) is 18.9. The quantitative estimate of drug-likeness (QED) is 0.428. The summed E-state index contributed by atoms with van der Waals surface area (Å²) in [5, 5.41) is 7.74. The average molecular weight is 345 g/mol. The highest BCUT2D eigenvalue weighted by Crippen LogP contribution is 2.17. The number of fused-ring (bicyclic) bond motifs is 1. The lowest BCUT2D eigenvalue weighted by Gasteiger charge is -2.23. The number of rotatable bonds is 4. The molecular weight excluding hydrogens is 318 g/mol. The molecule has 0 aliphatic heterocycles. The van der Waals surface area contributed by atoms with Crippen molar-refractivity contribution in [3.8, 4) is 0 Å². The first-order chi connectivity index (χ1) is 12.5. The summed E-state index contributed by atoms with van der Waals surface area (Å²) in [6.07, 6.45) is 3.58. The van der Waals surface area contributed by atoms with Crippen LogP contribution in [0.15, 0.2) is 84.6 Å². The van der Waals surface area contributed by atoms with Gasteiger partial charge in [0.15, 0.2) is 0 Å². The standard InChI is InChI=1S/C13H18N2.C10H9N/c1-5-12(4)14-15(11(2)3)13-9-7-6-8-10-13;1-8-4-2-6-10-9(8)5-3-7-11-10/h5-11H,1H2,2-4H3;2-7H,1H3/b14-12-;. The molecule has 0 atom stereocenters. The Bertz CT molecular complexity index is 862. The van der Waals surface area contributed by atoms with Crippen molar-refractivity contribution in [3.63, 3.8) is 0 Å². The Kier molecular flexibility index (Phi) is 7.10. The van der Waals surface area contributed by atoms with Crippen molar-refractivity contribution in [2.24, 2.45) is 5.10 Å². The minimum absolute atomic E-state index is 0.335. The molecule has 2 aromatic carbocycles. The summed E-state index contributed by atoms with van der Waals surface area (Å²) < 4.78 is 0. The molecule has 0 fully saturated rings. The molecule has 0 N–H and O–H groups in total. The van der Waals surface area contributed by atoms with Crippen LogP contribution in [-0.4, -0.2) is 16.7 Å². The van der Waals surface area contributed by atoms with Crippen molar-refractivity contribution >= 4 is 22.3 Å². The summed E-state index contributed by atoms with van der Waals surface area (Å²) in [6, 6.07) is 20.7. The fraction of sp³-hybridized carbons (Fsp3) is 0.217. The molecule has 26 heavy (non-hydrogen) atoms. The smallest absolute Gasteiger partial charge is 0.0704 e. The van der Waals surface area contributed by atoms with Crippen LogP contribution < -0.4 is 5.01 Å². The van der Waals surface area contributed by atoms with E-state index < -0.39 is 0 Å². The van der Waals surface area contributed by atoms with Gasteiger partial charge in [0.05, 0.1) is 16.9 Å². The van der Waals surface area contributed by atoms with E-state index in [-0.39, 0.29) is 0 Å². The van der Waals surface area contributed by atoms with Gasteiger partial charge in [-0.2, -0.15) is 5.10 Å². The third-order valence-corrected chi connectivity index (χ3v) is 3.93. The van der Waals surface area contributed by atoms with Crippen LogP contribution in [0, 0.1) is 6.92 Å². The summed E-state index contributed by atoms with van der Waals surface area (Å²) in [4.78, 5) is 4.24. The summed E-state index contributed by atoms with van der Waals surface area (Å²) in [5.41, 5.74) is 4.39. The van der Waals surface area contributed by atoms with Crippen LogP contribution in [0.2, 0.25) is 0 Å². The molecule has 134 valence electrons. The molecule has 3 rings (SSSR count). The van der Waals surface area contributed by atoms with Crippen LogP contribution >= 0.6 is 0 Å². The maximum Gasteiger partial charge on any atom is 0.0704 e. The molecule has 0 unspecified atom stereocenters. The highest BCUT2D eigenvalue weighted by molar-refractivity contribution is 5.92. The number of hydrazone groups is 1. The molecule has 0 aliphatic rings. The minimum atomic E-state index is 0.335. The van der Waals surface area contributed by atoms with Crippen LogP contribution in [-0.2, 0) is 0 Å². The van der Waals surface area contributed by atoms with Gasteiger partial charge in [0, 0.05) is 17.6 Å². The number of aryl methyl sites for hydroxylation is 1. The highest BCUT2D eigenvalue weighted by atomic mass is 15.5. The monoisotopic (exact) mass is 345 g/mol. The molecule has 3 nitrogen and oxygen atoms in total. The first kappa shape index (κ1) is 19.4. The molecule has 0 saturated carbocycles. The number of aromatic nitrogens is 1. The normalized spacial score (nSPS) is 11.0. The Hall–Kier alpha value is -2.94. The van der Waals surface area contributed by atoms with Gasteiger partial charge in [0.25, 0.3) is 0 Å². The predicted molar refractivity (Wildman–Crippen MR) is 114 cm³/mol. The van der Waals surface area contributed by atoms with E-state index in [0.29, 0.717) is 6.04 Å². The molecular formula is C23H27N3. The van der Waals surface area contributed by atoms with E-state index in [4.69, 9.17) is 0 Å². The number of benzene rings is 2. The fourth-order valence-corrected chi connectivity index (χ4v) is 2.52. The largest absolute Gasteiger partial charge is 0.263 e. The average Bonchev–Trinajstić information content (AvgIpc) is 2.67. The van der Waals surface area contributed by atoms with Crippen molar-refractivity contribution in [2.75, 3.05) is 5.01 Å². The van der Waals surface area contributed by atoms with Crippen molar-refractivity contribution < 1.29 is 0 Å². The number of anilines is 1. The second-order valence-corrected chi connectivity index (χ2v) is 6.36. The Labute approximate surface area is 156 Å². The van der Waals surface area contributed by atoms with Crippen LogP contribution in [0.1, 0.15) is 26.3 Å². The molecule has 0 amide bonds. The minimum Gasteiger partial charge on any atom is -0.263 e. The third-order valence-electron chi connectivity index (χ3n) is 3.93. The number of allylic oxidation sites excluding steroid dienone is 1. The number of hydrogen-bond acceptors (Lipinski definition) is 3. The topological polar surface area (TPSA) is 28.5 Å². The molecule has 0 radical (unpaired) electrons. The fourth-order valence-electron chi connectivity index (χ4n) is 2.52. The Morgan fingerprint density at radius 1 is 1.04 bits per heavy atom. The predicted octanol–water partition coefficient (Wildman–Crippen LogP) is 6.01. The molecule has 0 bridgehead atoms. The van der Waals surface area contributed by atoms with Gasteiger partial charge < -0.3 is 0 Å². The molecule has 1 aromatic heterocycles. The molecule has 1 heterocycles. The van der Waals surface area contributed by atoms with E-state index in [9.17, 15) is 0 Å². The molecule has 0 saturated heterocycles. The maximum atomic E-state index is 4.50. The van der Waals surface area contributed by atoms with Crippen molar-refractivity contribution in [3.05, 3.63) is 85.1 Å².